The van der Waals surface area contributed by atoms with Gasteiger partial charge in [-0.3, -0.25) is 14.4 Å². The van der Waals surface area contributed by atoms with Gasteiger partial charge in [0, 0.05) is 23.4 Å². The molecule has 0 aromatic heterocycles. The topological polar surface area (TPSA) is 58.9 Å². The zero-order valence-corrected chi connectivity index (χ0v) is 17.8. The predicted octanol–water partition coefficient (Wildman–Crippen LogP) is 2.37. The van der Waals surface area contributed by atoms with Gasteiger partial charge in [-0.1, -0.05) is 29.3 Å². The number of hydrogen-bond donors (Lipinski definition) is 1. The highest BCUT2D eigenvalue weighted by atomic mass is 35.5. The van der Waals surface area contributed by atoms with Crippen LogP contribution in [-0.4, -0.2) is 36.2 Å². The van der Waals surface area contributed by atoms with E-state index in [2.05, 4.69) is 0 Å². The fraction of sp³-hybridized carbons (Fsp3) is 0.375. The van der Waals surface area contributed by atoms with Crippen LogP contribution in [0.3, 0.4) is 0 Å². The molecule has 2 aromatic rings. The van der Waals surface area contributed by atoms with E-state index >= 15 is 0 Å². The second-order valence-corrected chi connectivity index (χ2v) is 9.21. The van der Waals surface area contributed by atoms with E-state index in [4.69, 9.17) is 11.6 Å². The molecule has 0 bridgehead atoms. The lowest BCUT2D eigenvalue weighted by Gasteiger charge is -2.26. The highest BCUT2D eigenvalue weighted by molar-refractivity contribution is 6.30. The van der Waals surface area contributed by atoms with E-state index < -0.39 is 17.9 Å². The molecule has 5 atom stereocenters. The highest BCUT2D eigenvalue weighted by Crippen LogP contribution is 2.41. The minimum absolute atomic E-state index is 0.0310. The molecular weight excluding hydrogens is 400 g/mol. The minimum Gasteiger partial charge on any atom is -0.322 e. The number of aryl methyl sites for hydroxylation is 2. The van der Waals surface area contributed by atoms with Crippen molar-refractivity contribution in [2.45, 2.75) is 38.8 Å². The van der Waals surface area contributed by atoms with Crippen LogP contribution in [0.2, 0.25) is 5.02 Å². The largest absolute Gasteiger partial charge is 0.322 e. The van der Waals surface area contributed by atoms with Crippen LogP contribution in [0.1, 0.15) is 34.3 Å². The summed E-state index contributed by atoms with van der Waals surface area (Å²) in [7, 11) is 0. The van der Waals surface area contributed by atoms with Gasteiger partial charge in [-0.2, -0.15) is 0 Å². The maximum atomic E-state index is 13.6. The van der Waals surface area contributed by atoms with Crippen LogP contribution in [0.5, 0.6) is 0 Å². The van der Waals surface area contributed by atoms with Gasteiger partial charge in [0.25, 0.3) is 0 Å². The van der Waals surface area contributed by atoms with Crippen molar-refractivity contribution in [3.63, 3.8) is 0 Å². The van der Waals surface area contributed by atoms with E-state index in [1.807, 2.05) is 32.0 Å². The normalized spacial score (nSPS) is 30.0. The number of ketones is 1. The summed E-state index contributed by atoms with van der Waals surface area (Å²) in [6.45, 7) is 4.73. The Hall–Kier alpha value is -2.50. The van der Waals surface area contributed by atoms with E-state index in [0.717, 1.165) is 35.4 Å². The molecular formula is C24H24ClN2O3+. The van der Waals surface area contributed by atoms with Gasteiger partial charge in [-0.25, -0.2) is 4.90 Å². The summed E-state index contributed by atoms with van der Waals surface area (Å²) in [6.07, 6.45) is 1.85. The van der Waals surface area contributed by atoms with E-state index in [1.165, 1.54) is 4.90 Å². The number of carbonyl (C=O) groups excluding carboxylic acids is 3. The first kappa shape index (κ1) is 19.5. The quantitative estimate of drug-likeness (QED) is 0.609. The smallest absolute Gasteiger partial charge is 0.244 e. The van der Waals surface area contributed by atoms with Gasteiger partial charge in [-0.05, 0) is 49.7 Å². The number of benzene rings is 2. The first-order chi connectivity index (χ1) is 14.4. The zero-order chi connectivity index (χ0) is 21.2. The lowest BCUT2D eigenvalue weighted by molar-refractivity contribution is -0.915. The second-order valence-electron chi connectivity index (χ2n) is 8.78. The predicted molar refractivity (Wildman–Crippen MR) is 114 cm³/mol. The fourth-order valence-corrected chi connectivity index (χ4v) is 5.95. The summed E-state index contributed by atoms with van der Waals surface area (Å²) in [6, 6.07) is 12.1. The number of amides is 2. The maximum absolute atomic E-state index is 13.6. The number of imide groups is 1. The molecule has 1 unspecified atom stereocenters. The molecule has 3 saturated heterocycles. The Morgan fingerprint density at radius 1 is 1.03 bits per heavy atom. The van der Waals surface area contributed by atoms with Gasteiger partial charge < -0.3 is 4.90 Å². The molecule has 6 heteroatoms. The standard InChI is InChI=1S/C24H23ClN2O3/c1-13-5-10-17(14(2)12-13)27-23(29)19-18-4-3-11-26(18)21(20(19)24(27)30)22(28)15-6-8-16(25)9-7-15/h5-10,12,18-21H,3-4,11H2,1-2H3/p+1/t18-,19-,20-,21+/m1/s1. The monoisotopic (exact) mass is 423 g/mol. The van der Waals surface area contributed by atoms with E-state index in [-0.39, 0.29) is 23.6 Å². The fourth-order valence-electron chi connectivity index (χ4n) is 5.83. The minimum atomic E-state index is -0.596. The summed E-state index contributed by atoms with van der Waals surface area (Å²) in [5.74, 6) is -1.46. The maximum Gasteiger partial charge on any atom is 0.244 e. The summed E-state index contributed by atoms with van der Waals surface area (Å²) in [5.41, 5.74) is 3.17. The Bertz CT molecular complexity index is 1060. The zero-order valence-electron chi connectivity index (χ0n) is 17.0. The molecule has 2 aromatic carbocycles. The number of halogens is 1. The molecule has 0 saturated carbocycles. The number of carbonyl (C=O) groups is 3. The van der Waals surface area contributed by atoms with Crippen molar-refractivity contribution < 1.29 is 19.3 Å². The lowest BCUT2D eigenvalue weighted by Crippen LogP contribution is -3.16. The number of Topliss-reactive ketones (excluding diaryl/α,β-unsaturated/α-hetero) is 1. The highest BCUT2D eigenvalue weighted by Gasteiger charge is 2.68. The van der Waals surface area contributed by atoms with E-state index in [9.17, 15) is 14.4 Å². The third-order valence-electron chi connectivity index (χ3n) is 7.05. The van der Waals surface area contributed by atoms with Crippen molar-refractivity contribution in [3.8, 4) is 0 Å². The molecule has 3 heterocycles. The Labute approximate surface area is 180 Å². The number of nitrogens with one attached hydrogen (secondary N) is 1. The molecule has 0 radical (unpaired) electrons. The average molecular weight is 424 g/mol. The number of hydrogen-bond acceptors (Lipinski definition) is 3. The van der Waals surface area contributed by atoms with Crippen LogP contribution >= 0.6 is 11.6 Å². The summed E-state index contributed by atoms with van der Waals surface area (Å²) < 4.78 is 0. The van der Waals surface area contributed by atoms with Crippen LogP contribution in [0.4, 0.5) is 5.69 Å². The summed E-state index contributed by atoms with van der Waals surface area (Å²) >= 11 is 5.99. The molecule has 5 rings (SSSR count). The first-order valence-corrected chi connectivity index (χ1v) is 10.9. The van der Waals surface area contributed by atoms with Crippen molar-refractivity contribution in [2.24, 2.45) is 11.8 Å². The van der Waals surface area contributed by atoms with Crippen LogP contribution < -0.4 is 9.80 Å². The van der Waals surface area contributed by atoms with Crippen molar-refractivity contribution >= 4 is 34.9 Å². The lowest BCUT2D eigenvalue weighted by atomic mass is 9.85. The third kappa shape index (κ3) is 2.76. The number of quaternary nitrogens is 1. The van der Waals surface area contributed by atoms with Gasteiger partial charge in [0.15, 0.2) is 6.04 Å². The van der Waals surface area contributed by atoms with Crippen molar-refractivity contribution in [1.29, 1.82) is 0 Å². The Morgan fingerprint density at radius 2 is 1.73 bits per heavy atom. The molecule has 0 aliphatic carbocycles. The van der Waals surface area contributed by atoms with Crippen LogP contribution in [-0.2, 0) is 9.59 Å². The number of fused-ring (bicyclic) bond motifs is 3. The first-order valence-electron chi connectivity index (χ1n) is 10.5. The number of anilines is 1. The molecule has 3 fully saturated rings. The average Bonchev–Trinajstić information content (AvgIpc) is 3.35. The molecule has 0 spiro atoms. The molecule has 1 N–H and O–H groups in total. The SMILES string of the molecule is Cc1ccc(N2C(=O)[C@@H]3[C@H](C2=O)[C@H]2CCC[NH+]2[C@@H]3C(=O)c2ccc(Cl)cc2)c(C)c1. The van der Waals surface area contributed by atoms with Crippen molar-refractivity contribution in [3.05, 3.63) is 64.2 Å². The molecule has 3 aliphatic rings. The summed E-state index contributed by atoms with van der Waals surface area (Å²) in [4.78, 5) is 43.0. The van der Waals surface area contributed by atoms with Crippen molar-refractivity contribution in [1.82, 2.24) is 0 Å². The van der Waals surface area contributed by atoms with Gasteiger partial charge in [0.2, 0.25) is 17.6 Å². The summed E-state index contributed by atoms with van der Waals surface area (Å²) in [5, 5.41) is 0.565. The molecule has 30 heavy (non-hydrogen) atoms. The second kappa shape index (κ2) is 7.03. The Morgan fingerprint density at radius 3 is 2.43 bits per heavy atom. The van der Waals surface area contributed by atoms with Crippen LogP contribution in [0.25, 0.3) is 0 Å². The van der Waals surface area contributed by atoms with Gasteiger partial charge >= 0.3 is 0 Å². The molecule has 2 amide bonds. The number of rotatable bonds is 3. The van der Waals surface area contributed by atoms with Gasteiger partial charge in [0.1, 0.15) is 17.9 Å². The Balaban J connectivity index is 1.56. The van der Waals surface area contributed by atoms with E-state index in [0.29, 0.717) is 16.3 Å². The van der Waals surface area contributed by atoms with Gasteiger partial charge in [-0.15, -0.1) is 0 Å². The van der Waals surface area contributed by atoms with E-state index in [1.54, 1.807) is 24.3 Å². The van der Waals surface area contributed by atoms with Crippen molar-refractivity contribution in [2.75, 3.05) is 11.4 Å². The Kier molecular flexibility index (Phi) is 4.56. The molecule has 154 valence electrons. The molecule has 3 aliphatic heterocycles. The van der Waals surface area contributed by atoms with Crippen LogP contribution in [0.15, 0.2) is 42.5 Å². The third-order valence-corrected chi connectivity index (χ3v) is 7.30. The van der Waals surface area contributed by atoms with Crippen LogP contribution in [0, 0.1) is 25.7 Å². The molecule has 5 nitrogen and oxygen atoms in total. The van der Waals surface area contributed by atoms with Gasteiger partial charge in [0.05, 0.1) is 12.2 Å². The number of nitrogens with zero attached hydrogens (tertiary/aromatic N) is 1.